The van der Waals surface area contributed by atoms with Crippen molar-refractivity contribution in [3.63, 3.8) is 0 Å². The molecular formula is C19H16IN3O4S. The Hall–Kier alpha value is -2.66. The summed E-state index contributed by atoms with van der Waals surface area (Å²) in [5.74, 6) is -0.218. The Morgan fingerprint density at radius 1 is 1.36 bits per heavy atom. The Bertz CT molecular complexity index is 992. The van der Waals surface area contributed by atoms with Crippen LogP contribution in [0.4, 0.5) is 5.13 Å². The summed E-state index contributed by atoms with van der Waals surface area (Å²) < 4.78 is 11.3. The van der Waals surface area contributed by atoms with Crippen LogP contribution in [0.1, 0.15) is 5.56 Å². The number of thiazole rings is 1. The highest BCUT2D eigenvalue weighted by molar-refractivity contribution is 14.1. The monoisotopic (exact) mass is 509 g/mol. The van der Waals surface area contributed by atoms with Crippen LogP contribution in [0.2, 0.25) is 0 Å². The average molecular weight is 509 g/mol. The van der Waals surface area contributed by atoms with Gasteiger partial charge < -0.3 is 14.6 Å². The van der Waals surface area contributed by atoms with Crippen LogP contribution in [0.25, 0.3) is 11.3 Å². The lowest BCUT2D eigenvalue weighted by molar-refractivity contribution is -0.139. The fraction of sp³-hybridized carbons (Fsp3) is 0.105. The van der Waals surface area contributed by atoms with Crippen molar-refractivity contribution in [2.75, 3.05) is 19.1 Å². The molecule has 3 aromatic rings. The maximum absolute atomic E-state index is 10.7. The lowest BCUT2D eigenvalue weighted by Gasteiger charge is -2.12. The maximum atomic E-state index is 10.7. The van der Waals surface area contributed by atoms with Crippen molar-refractivity contribution in [1.82, 2.24) is 4.98 Å². The molecule has 0 aliphatic heterocycles. The van der Waals surface area contributed by atoms with Crippen LogP contribution in [0, 0.1) is 3.57 Å². The van der Waals surface area contributed by atoms with Crippen molar-refractivity contribution >= 4 is 51.2 Å². The van der Waals surface area contributed by atoms with Crippen LogP contribution in [0.3, 0.4) is 0 Å². The van der Waals surface area contributed by atoms with Gasteiger partial charge in [-0.15, -0.1) is 11.3 Å². The maximum Gasteiger partial charge on any atom is 0.341 e. The number of carboxylic acid groups (broad SMARTS) is 1. The molecule has 0 amide bonds. The Morgan fingerprint density at radius 2 is 2.14 bits per heavy atom. The molecule has 0 radical (unpaired) electrons. The van der Waals surface area contributed by atoms with E-state index in [0.29, 0.717) is 16.6 Å². The predicted octanol–water partition coefficient (Wildman–Crippen LogP) is 4.33. The second-order valence-corrected chi connectivity index (χ2v) is 7.51. The van der Waals surface area contributed by atoms with E-state index < -0.39 is 12.6 Å². The molecule has 0 saturated carbocycles. The molecule has 0 bridgehead atoms. The number of halogens is 1. The molecule has 3 rings (SSSR count). The second-order valence-electron chi connectivity index (χ2n) is 5.49. The first kappa shape index (κ1) is 20.1. The van der Waals surface area contributed by atoms with Gasteiger partial charge in [-0.25, -0.2) is 9.78 Å². The number of hydrogen-bond donors (Lipinski definition) is 2. The number of nitrogens with one attached hydrogen (secondary N) is 1. The minimum absolute atomic E-state index is 0.392. The normalized spacial score (nSPS) is 10.8. The van der Waals surface area contributed by atoms with Crippen molar-refractivity contribution in [3.8, 4) is 22.8 Å². The first-order chi connectivity index (χ1) is 13.6. The van der Waals surface area contributed by atoms with Gasteiger partial charge >= 0.3 is 5.97 Å². The molecule has 0 aliphatic rings. The number of carbonyl (C=O) groups is 1. The third-order valence-corrected chi connectivity index (χ3v) is 5.09. The Morgan fingerprint density at radius 3 is 2.86 bits per heavy atom. The minimum atomic E-state index is -1.05. The standard InChI is InChI=1S/C19H16IN3O4S/c1-26-16-8-12(7-14(20)18(16)27-10-17(24)25)9-21-23-19-22-15(11-28-19)13-5-3-2-4-6-13/h2-9,11H,10H2,1H3,(H,22,23)(H,24,25). The highest BCUT2D eigenvalue weighted by Crippen LogP contribution is 2.33. The third kappa shape index (κ3) is 5.20. The van der Waals surface area contributed by atoms with E-state index in [2.05, 4.69) is 38.1 Å². The number of hydrogen-bond acceptors (Lipinski definition) is 7. The van der Waals surface area contributed by atoms with Crippen molar-refractivity contribution in [2.45, 2.75) is 0 Å². The number of nitrogens with zero attached hydrogens (tertiary/aromatic N) is 2. The van der Waals surface area contributed by atoms with Gasteiger partial charge in [0.2, 0.25) is 5.13 Å². The van der Waals surface area contributed by atoms with Crippen LogP contribution in [0.15, 0.2) is 52.9 Å². The van der Waals surface area contributed by atoms with Crippen LogP contribution < -0.4 is 14.9 Å². The summed E-state index contributed by atoms with van der Waals surface area (Å²) in [5, 5.41) is 15.6. The quantitative estimate of drug-likeness (QED) is 0.267. The van der Waals surface area contributed by atoms with Crippen molar-refractivity contribution in [2.24, 2.45) is 5.10 Å². The van der Waals surface area contributed by atoms with E-state index in [-0.39, 0.29) is 0 Å². The molecule has 7 nitrogen and oxygen atoms in total. The van der Waals surface area contributed by atoms with Crippen LogP contribution in [-0.4, -0.2) is 36.0 Å². The van der Waals surface area contributed by atoms with E-state index in [4.69, 9.17) is 14.6 Å². The lowest BCUT2D eigenvalue weighted by Crippen LogP contribution is -2.11. The zero-order valence-electron chi connectivity index (χ0n) is 14.8. The number of carboxylic acids is 1. The number of anilines is 1. The molecule has 9 heteroatoms. The number of aliphatic carboxylic acids is 1. The molecule has 0 spiro atoms. The molecule has 28 heavy (non-hydrogen) atoms. The Balaban J connectivity index is 1.70. The van der Waals surface area contributed by atoms with Crippen molar-refractivity contribution in [3.05, 3.63) is 57.0 Å². The SMILES string of the molecule is COc1cc(C=NNc2nc(-c3ccccc3)cs2)cc(I)c1OCC(=O)O. The van der Waals surface area contributed by atoms with Crippen LogP contribution in [-0.2, 0) is 4.79 Å². The largest absolute Gasteiger partial charge is 0.493 e. The van der Waals surface area contributed by atoms with Gasteiger partial charge in [0, 0.05) is 10.9 Å². The molecule has 1 heterocycles. The Kier molecular flexibility index (Phi) is 6.82. The Labute approximate surface area is 179 Å². The molecule has 0 aliphatic carbocycles. The summed E-state index contributed by atoms with van der Waals surface area (Å²) in [4.78, 5) is 15.2. The first-order valence-electron chi connectivity index (χ1n) is 8.09. The number of rotatable bonds is 8. The van der Waals surface area contributed by atoms with Gasteiger partial charge in [-0.1, -0.05) is 30.3 Å². The van der Waals surface area contributed by atoms with Gasteiger partial charge in [0.25, 0.3) is 0 Å². The summed E-state index contributed by atoms with van der Waals surface area (Å²) in [5.41, 5.74) is 5.63. The highest BCUT2D eigenvalue weighted by Gasteiger charge is 2.12. The second kappa shape index (κ2) is 9.51. The van der Waals surface area contributed by atoms with E-state index in [0.717, 1.165) is 20.4 Å². The molecule has 144 valence electrons. The number of methoxy groups -OCH3 is 1. The number of benzene rings is 2. The van der Waals surface area contributed by atoms with Gasteiger partial charge in [0.1, 0.15) is 0 Å². The predicted molar refractivity (Wildman–Crippen MR) is 118 cm³/mol. The number of ether oxygens (including phenoxy) is 2. The lowest BCUT2D eigenvalue weighted by atomic mass is 10.2. The average Bonchev–Trinajstić information content (AvgIpc) is 3.16. The number of aromatic nitrogens is 1. The van der Waals surface area contributed by atoms with Gasteiger partial charge in [-0.2, -0.15) is 5.10 Å². The van der Waals surface area contributed by atoms with Crippen LogP contribution in [0.5, 0.6) is 11.5 Å². The van der Waals surface area contributed by atoms with E-state index in [1.165, 1.54) is 18.4 Å². The molecule has 0 saturated heterocycles. The van der Waals surface area contributed by atoms with Gasteiger partial charge in [0.15, 0.2) is 18.1 Å². The van der Waals surface area contributed by atoms with Gasteiger partial charge in [-0.3, -0.25) is 5.43 Å². The summed E-state index contributed by atoms with van der Waals surface area (Å²) in [6, 6.07) is 13.5. The molecule has 0 unspecified atom stereocenters. The fourth-order valence-electron chi connectivity index (χ4n) is 2.32. The summed E-state index contributed by atoms with van der Waals surface area (Å²) in [7, 11) is 1.50. The van der Waals surface area contributed by atoms with E-state index in [1.54, 1.807) is 12.3 Å². The van der Waals surface area contributed by atoms with E-state index >= 15 is 0 Å². The molecule has 2 N–H and O–H groups in total. The van der Waals surface area contributed by atoms with E-state index in [1.807, 2.05) is 41.8 Å². The number of hydrazone groups is 1. The molecule has 0 atom stereocenters. The topological polar surface area (TPSA) is 93.0 Å². The fourth-order valence-corrected chi connectivity index (χ4v) is 3.77. The van der Waals surface area contributed by atoms with Crippen LogP contribution >= 0.6 is 33.9 Å². The summed E-state index contributed by atoms with van der Waals surface area (Å²) in [6.45, 7) is -0.435. The molecule has 0 fully saturated rings. The zero-order valence-corrected chi connectivity index (χ0v) is 17.7. The van der Waals surface area contributed by atoms with E-state index in [9.17, 15) is 4.79 Å². The highest BCUT2D eigenvalue weighted by atomic mass is 127. The van der Waals surface area contributed by atoms with Gasteiger partial charge in [-0.05, 0) is 40.3 Å². The van der Waals surface area contributed by atoms with Crippen molar-refractivity contribution < 1.29 is 19.4 Å². The molecular weight excluding hydrogens is 493 g/mol. The molecule has 1 aromatic heterocycles. The van der Waals surface area contributed by atoms with Crippen molar-refractivity contribution in [1.29, 1.82) is 0 Å². The zero-order chi connectivity index (χ0) is 19.9. The van der Waals surface area contributed by atoms with Gasteiger partial charge in [0.05, 0.1) is 22.6 Å². The first-order valence-corrected chi connectivity index (χ1v) is 10.0. The third-order valence-electron chi connectivity index (χ3n) is 3.54. The molecule has 2 aromatic carbocycles. The minimum Gasteiger partial charge on any atom is -0.493 e. The smallest absolute Gasteiger partial charge is 0.341 e. The summed E-state index contributed by atoms with van der Waals surface area (Å²) >= 11 is 3.53. The summed E-state index contributed by atoms with van der Waals surface area (Å²) in [6.07, 6.45) is 1.63.